The van der Waals surface area contributed by atoms with Crippen LogP contribution in [0.2, 0.25) is 0 Å². The van der Waals surface area contributed by atoms with Crippen LogP contribution in [-0.4, -0.2) is 11.7 Å². The van der Waals surface area contributed by atoms with Gasteiger partial charge in [-0.2, -0.15) is 0 Å². The van der Waals surface area contributed by atoms with E-state index in [0.29, 0.717) is 11.4 Å². The van der Waals surface area contributed by atoms with Crippen LogP contribution >= 0.6 is 0 Å². The second kappa shape index (κ2) is 5.82. The molecule has 0 saturated heterocycles. The average molecular weight is 255 g/mol. The van der Waals surface area contributed by atoms with Crippen molar-refractivity contribution in [3.8, 4) is 0 Å². The van der Waals surface area contributed by atoms with Crippen molar-refractivity contribution in [2.24, 2.45) is 0 Å². The van der Waals surface area contributed by atoms with Crippen LogP contribution in [0.15, 0.2) is 58.7 Å². The molecule has 0 radical (unpaired) electrons. The number of Topliss-reactive ketones (excluding diaryl/α,β-unsaturated/α-hetero) is 1. The molecule has 0 saturated carbocycles. The van der Waals surface area contributed by atoms with E-state index in [1.165, 1.54) is 19.3 Å². The maximum Gasteiger partial charge on any atom is 0.259 e. The van der Waals surface area contributed by atoms with Crippen LogP contribution in [0.4, 0.5) is 5.69 Å². The van der Waals surface area contributed by atoms with Gasteiger partial charge in [0.2, 0.25) is 0 Å². The number of benzene rings is 1. The number of ketones is 1. The summed E-state index contributed by atoms with van der Waals surface area (Å²) >= 11 is 0. The molecule has 1 heterocycles. The summed E-state index contributed by atoms with van der Waals surface area (Å²) in [4.78, 5) is 23.6. The molecule has 0 fully saturated rings. The number of amides is 1. The molecule has 0 aliphatic heterocycles. The molecule has 0 aliphatic rings. The number of rotatable bonds is 4. The van der Waals surface area contributed by atoms with E-state index in [9.17, 15) is 9.59 Å². The fourth-order valence-corrected chi connectivity index (χ4v) is 1.56. The molecule has 0 aliphatic carbocycles. The van der Waals surface area contributed by atoms with Crippen LogP contribution in [0.3, 0.4) is 0 Å². The molecule has 19 heavy (non-hydrogen) atoms. The number of nitrogens with one attached hydrogen (secondary N) is 1. The van der Waals surface area contributed by atoms with Crippen molar-refractivity contribution in [1.29, 1.82) is 0 Å². The highest BCUT2D eigenvalue weighted by Gasteiger charge is 2.15. The van der Waals surface area contributed by atoms with Gasteiger partial charge >= 0.3 is 0 Å². The summed E-state index contributed by atoms with van der Waals surface area (Å²) in [5.41, 5.74) is 0.692. The van der Waals surface area contributed by atoms with Crippen molar-refractivity contribution in [2.75, 3.05) is 5.32 Å². The van der Waals surface area contributed by atoms with Crippen LogP contribution in [0.25, 0.3) is 6.08 Å². The van der Waals surface area contributed by atoms with E-state index < -0.39 is 5.91 Å². The lowest BCUT2D eigenvalue weighted by atomic mass is 10.1. The Morgan fingerprint density at radius 1 is 1.11 bits per heavy atom. The van der Waals surface area contributed by atoms with Gasteiger partial charge in [0.1, 0.15) is 5.76 Å². The maximum absolute atomic E-state index is 12.0. The summed E-state index contributed by atoms with van der Waals surface area (Å²) in [5.74, 6) is -0.298. The molecule has 0 atom stereocenters. The highest BCUT2D eigenvalue weighted by molar-refractivity contribution is 6.25. The number of para-hydroxylation sites is 1. The molecule has 0 spiro atoms. The van der Waals surface area contributed by atoms with Crippen molar-refractivity contribution in [2.45, 2.75) is 6.92 Å². The zero-order valence-corrected chi connectivity index (χ0v) is 10.4. The number of hydrogen-bond acceptors (Lipinski definition) is 3. The first kappa shape index (κ1) is 12.8. The van der Waals surface area contributed by atoms with Crippen LogP contribution in [0, 0.1) is 0 Å². The maximum atomic E-state index is 12.0. The summed E-state index contributed by atoms with van der Waals surface area (Å²) in [6.45, 7) is 1.35. The van der Waals surface area contributed by atoms with Crippen molar-refractivity contribution in [3.63, 3.8) is 0 Å². The minimum Gasteiger partial charge on any atom is -0.465 e. The molecular weight excluding hydrogens is 242 g/mol. The van der Waals surface area contributed by atoms with Gasteiger partial charge in [-0.3, -0.25) is 9.59 Å². The lowest BCUT2D eigenvalue weighted by molar-refractivity contribution is -0.118. The van der Waals surface area contributed by atoms with Gasteiger partial charge in [0.25, 0.3) is 5.91 Å². The Labute approximate surface area is 110 Å². The number of carbonyl (C=O) groups is 2. The van der Waals surface area contributed by atoms with Crippen molar-refractivity contribution in [1.82, 2.24) is 0 Å². The van der Waals surface area contributed by atoms with Gasteiger partial charge in [-0.1, -0.05) is 18.2 Å². The van der Waals surface area contributed by atoms with Gasteiger partial charge in [0.05, 0.1) is 11.8 Å². The van der Waals surface area contributed by atoms with Crippen LogP contribution in [0.1, 0.15) is 12.7 Å². The molecular formula is C15H13NO3. The van der Waals surface area contributed by atoms with Crippen LogP contribution in [0.5, 0.6) is 0 Å². The third-order valence-electron chi connectivity index (χ3n) is 2.49. The van der Waals surface area contributed by atoms with Crippen molar-refractivity contribution in [3.05, 3.63) is 60.1 Å². The highest BCUT2D eigenvalue weighted by Crippen LogP contribution is 2.12. The Kier molecular flexibility index (Phi) is 3.93. The van der Waals surface area contributed by atoms with E-state index in [1.54, 1.807) is 36.4 Å². The predicted octanol–water partition coefficient (Wildman–Crippen LogP) is 2.89. The Bertz CT molecular complexity index is 598. The number of carbonyl (C=O) groups excluding carboxylic acids is 2. The lowest BCUT2D eigenvalue weighted by Gasteiger charge is -2.05. The minimum absolute atomic E-state index is 0.0544. The number of anilines is 1. The summed E-state index contributed by atoms with van der Waals surface area (Å²) in [6, 6.07) is 12.3. The zero-order valence-electron chi connectivity index (χ0n) is 10.4. The lowest BCUT2D eigenvalue weighted by Crippen LogP contribution is -2.18. The second-order valence-corrected chi connectivity index (χ2v) is 3.95. The largest absolute Gasteiger partial charge is 0.465 e. The van der Waals surface area contributed by atoms with E-state index in [2.05, 4.69) is 5.32 Å². The summed E-state index contributed by atoms with van der Waals surface area (Å²) < 4.78 is 5.11. The molecule has 2 rings (SSSR count). The Morgan fingerprint density at radius 2 is 1.84 bits per heavy atom. The number of furan rings is 1. The SMILES string of the molecule is CC(=O)/C(=C\c1ccco1)C(=O)Nc1ccccc1. The molecule has 2 aromatic rings. The first-order chi connectivity index (χ1) is 9.16. The van der Waals surface area contributed by atoms with Gasteiger partial charge in [-0.05, 0) is 37.3 Å². The fourth-order valence-electron chi connectivity index (χ4n) is 1.56. The standard InChI is InChI=1S/C15H13NO3/c1-11(17)14(10-13-8-5-9-19-13)15(18)16-12-6-3-2-4-7-12/h2-10H,1H3,(H,16,18)/b14-10+. The predicted molar refractivity (Wildman–Crippen MR) is 72.4 cm³/mol. The Morgan fingerprint density at radius 3 is 2.42 bits per heavy atom. The van der Waals surface area contributed by atoms with Crippen LogP contribution < -0.4 is 5.32 Å². The fraction of sp³-hybridized carbons (Fsp3) is 0.0667. The van der Waals surface area contributed by atoms with E-state index in [0.717, 1.165) is 0 Å². The van der Waals surface area contributed by atoms with E-state index in [-0.39, 0.29) is 11.4 Å². The first-order valence-electron chi connectivity index (χ1n) is 5.79. The molecule has 1 amide bonds. The third kappa shape index (κ3) is 3.42. The third-order valence-corrected chi connectivity index (χ3v) is 2.49. The van der Waals surface area contributed by atoms with Gasteiger partial charge in [-0.25, -0.2) is 0 Å². The minimum atomic E-state index is -0.449. The average Bonchev–Trinajstić information content (AvgIpc) is 2.89. The molecule has 1 aromatic carbocycles. The molecule has 1 N–H and O–H groups in total. The topological polar surface area (TPSA) is 59.3 Å². The van der Waals surface area contributed by atoms with Gasteiger partial charge < -0.3 is 9.73 Å². The summed E-state index contributed by atoms with van der Waals surface area (Å²) in [6.07, 6.45) is 2.92. The molecule has 4 heteroatoms. The van der Waals surface area contributed by atoms with Crippen LogP contribution in [-0.2, 0) is 9.59 Å². The Balaban J connectivity index is 2.21. The van der Waals surface area contributed by atoms with Gasteiger partial charge in [0.15, 0.2) is 5.78 Å². The second-order valence-electron chi connectivity index (χ2n) is 3.95. The Hall–Kier alpha value is -2.62. The highest BCUT2D eigenvalue weighted by atomic mass is 16.3. The molecule has 4 nitrogen and oxygen atoms in total. The number of hydrogen-bond donors (Lipinski definition) is 1. The smallest absolute Gasteiger partial charge is 0.259 e. The molecule has 1 aromatic heterocycles. The summed E-state index contributed by atoms with van der Waals surface area (Å²) in [5, 5.41) is 2.67. The van der Waals surface area contributed by atoms with Gasteiger partial charge in [-0.15, -0.1) is 0 Å². The first-order valence-corrected chi connectivity index (χ1v) is 5.79. The molecule has 96 valence electrons. The van der Waals surface area contributed by atoms with Crippen molar-refractivity contribution < 1.29 is 14.0 Å². The molecule has 0 bridgehead atoms. The molecule has 0 unspecified atom stereocenters. The zero-order chi connectivity index (χ0) is 13.7. The van der Waals surface area contributed by atoms with E-state index in [1.807, 2.05) is 6.07 Å². The monoisotopic (exact) mass is 255 g/mol. The van der Waals surface area contributed by atoms with E-state index >= 15 is 0 Å². The quantitative estimate of drug-likeness (QED) is 0.519. The van der Waals surface area contributed by atoms with Crippen molar-refractivity contribution >= 4 is 23.5 Å². The normalized spacial score (nSPS) is 11.1. The summed E-state index contributed by atoms with van der Waals surface area (Å²) in [7, 11) is 0. The van der Waals surface area contributed by atoms with E-state index in [4.69, 9.17) is 4.42 Å². The van der Waals surface area contributed by atoms with Gasteiger partial charge in [0, 0.05) is 5.69 Å².